The summed E-state index contributed by atoms with van der Waals surface area (Å²) >= 11 is 0. The highest BCUT2D eigenvalue weighted by Crippen LogP contribution is 2.25. The smallest absolute Gasteiger partial charge is 0.244 e. The number of piperidine rings is 1. The van der Waals surface area contributed by atoms with E-state index in [1.165, 1.54) is 10.5 Å². The molecule has 2 amide bonds. The highest BCUT2D eigenvalue weighted by atomic mass is 32.2. The second-order valence-corrected chi connectivity index (χ2v) is 11.0. The Balaban J connectivity index is 1.23. The molecule has 2 aromatic rings. The van der Waals surface area contributed by atoms with Gasteiger partial charge in [-0.05, 0) is 43.0 Å². The minimum Gasteiger partial charge on any atom is -0.340 e. The number of nitrogens with zero attached hydrogens (tertiary/aromatic N) is 4. The number of para-hydroxylation sites is 1. The van der Waals surface area contributed by atoms with Crippen molar-refractivity contribution in [2.75, 3.05) is 51.1 Å². The fourth-order valence-electron chi connectivity index (χ4n) is 4.72. The molecule has 9 nitrogen and oxygen atoms in total. The monoisotopic (exact) mass is 499 g/mol. The maximum absolute atomic E-state index is 13.1. The van der Waals surface area contributed by atoms with Crippen LogP contribution in [0.4, 0.5) is 5.69 Å². The van der Waals surface area contributed by atoms with Crippen molar-refractivity contribution >= 4 is 27.5 Å². The zero-order chi connectivity index (χ0) is 24.8. The van der Waals surface area contributed by atoms with Gasteiger partial charge in [0, 0.05) is 63.3 Å². The molecule has 188 valence electrons. The van der Waals surface area contributed by atoms with Crippen LogP contribution in [0.2, 0.25) is 0 Å². The molecule has 35 heavy (non-hydrogen) atoms. The average Bonchev–Trinajstić information content (AvgIpc) is 2.89. The summed E-state index contributed by atoms with van der Waals surface area (Å²) in [5, 5.41) is 3.00. The number of rotatable bonds is 7. The first-order valence-electron chi connectivity index (χ1n) is 12.2. The zero-order valence-corrected chi connectivity index (χ0v) is 20.9. The van der Waals surface area contributed by atoms with Gasteiger partial charge in [0.15, 0.2) is 0 Å². The van der Waals surface area contributed by atoms with Crippen LogP contribution in [-0.4, -0.2) is 85.1 Å². The van der Waals surface area contributed by atoms with E-state index >= 15 is 0 Å². The second kappa shape index (κ2) is 11.3. The third-order valence-corrected chi connectivity index (χ3v) is 8.68. The summed E-state index contributed by atoms with van der Waals surface area (Å²) in [4.78, 5) is 33.6. The van der Waals surface area contributed by atoms with Crippen LogP contribution >= 0.6 is 0 Å². The molecule has 0 unspecified atom stereocenters. The molecule has 0 saturated carbocycles. The van der Waals surface area contributed by atoms with Crippen molar-refractivity contribution < 1.29 is 18.0 Å². The molecule has 0 radical (unpaired) electrons. The van der Waals surface area contributed by atoms with Crippen LogP contribution in [0.25, 0.3) is 0 Å². The summed E-state index contributed by atoms with van der Waals surface area (Å²) in [5.74, 6) is -0.131. The number of nitrogens with one attached hydrogen (secondary N) is 1. The SMILES string of the molecule is CCc1ccccc1NC(=O)CN1CCN(C(=O)C2CCN(S(=O)(=O)c3cccnc3)CC2)CC1. The highest BCUT2D eigenvalue weighted by molar-refractivity contribution is 7.89. The number of carbonyl (C=O) groups is 2. The third-order valence-electron chi connectivity index (χ3n) is 6.80. The van der Waals surface area contributed by atoms with Crippen LogP contribution in [0.5, 0.6) is 0 Å². The number of piperazine rings is 1. The second-order valence-electron chi connectivity index (χ2n) is 9.03. The van der Waals surface area contributed by atoms with E-state index < -0.39 is 10.0 Å². The van der Waals surface area contributed by atoms with Gasteiger partial charge in [-0.15, -0.1) is 0 Å². The van der Waals surface area contributed by atoms with Crippen molar-refractivity contribution in [1.82, 2.24) is 19.1 Å². The Kier molecular flexibility index (Phi) is 8.15. The van der Waals surface area contributed by atoms with Gasteiger partial charge >= 0.3 is 0 Å². The van der Waals surface area contributed by atoms with Crippen LogP contribution in [0, 0.1) is 5.92 Å². The number of aromatic nitrogens is 1. The molecule has 2 saturated heterocycles. The van der Waals surface area contributed by atoms with Gasteiger partial charge in [0.05, 0.1) is 6.54 Å². The van der Waals surface area contributed by atoms with Gasteiger partial charge in [0.25, 0.3) is 0 Å². The van der Waals surface area contributed by atoms with Crippen molar-refractivity contribution in [2.24, 2.45) is 5.92 Å². The van der Waals surface area contributed by atoms with Crippen molar-refractivity contribution in [3.8, 4) is 0 Å². The number of aryl methyl sites for hydroxylation is 1. The summed E-state index contributed by atoms with van der Waals surface area (Å²) in [5.41, 5.74) is 1.96. The van der Waals surface area contributed by atoms with Crippen molar-refractivity contribution in [1.29, 1.82) is 0 Å². The number of hydrogen-bond acceptors (Lipinski definition) is 6. The predicted octanol–water partition coefficient (Wildman–Crippen LogP) is 1.83. The summed E-state index contributed by atoms with van der Waals surface area (Å²) in [7, 11) is -3.58. The maximum Gasteiger partial charge on any atom is 0.244 e. The lowest BCUT2D eigenvalue weighted by Crippen LogP contribution is -2.53. The van der Waals surface area contributed by atoms with E-state index in [1.54, 1.807) is 18.3 Å². The van der Waals surface area contributed by atoms with Gasteiger partial charge in [0.2, 0.25) is 21.8 Å². The number of carbonyl (C=O) groups excluding carboxylic acids is 2. The molecule has 2 fully saturated rings. The minimum absolute atomic E-state index is 0.0483. The van der Waals surface area contributed by atoms with Crippen LogP contribution < -0.4 is 5.32 Å². The number of benzene rings is 1. The molecule has 2 aliphatic rings. The van der Waals surface area contributed by atoms with Crippen LogP contribution in [-0.2, 0) is 26.0 Å². The molecule has 0 atom stereocenters. The molecular formula is C25H33N5O4S. The molecule has 10 heteroatoms. The summed E-state index contributed by atoms with van der Waals surface area (Å²) < 4.78 is 27.0. The van der Waals surface area contributed by atoms with Gasteiger partial charge in [-0.2, -0.15) is 4.31 Å². The first-order valence-corrected chi connectivity index (χ1v) is 13.6. The third kappa shape index (κ3) is 6.06. The number of hydrogen-bond donors (Lipinski definition) is 1. The molecular weight excluding hydrogens is 466 g/mol. The normalized spacial score (nSPS) is 18.4. The standard InChI is InChI=1S/C25H33N5O4S/c1-2-20-6-3-4-8-23(20)27-24(31)19-28-14-16-29(17-15-28)25(32)21-9-12-30(13-10-21)35(33,34)22-7-5-11-26-18-22/h3-8,11,18,21H,2,9-10,12-17,19H2,1H3,(H,27,31). The highest BCUT2D eigenvalue weighted by Gasteiger charge is 2.34. The quantitative estimate of drug-likeness (QED) is 0.624. The minimum atomic E-state index is -3.58. The topological polar surface area (TPSA) is 103 Å². The molecule has 2 aliphatic heterocycles. The lowest BCUT2D eigenvalue weighted by Gasteiger charge is -2.38. The van der Waals surface area contributed by atoms with Gasteiger partial charge in [-0.25, -0.2) is 8.42 Å². The van der Waals surface area contributed by atoms with Gasteiger partial charge in [0.1, 0.15) is 4.90 Å². The Labute approximate surface area is 207 Å². The Morgan fingerprint density at radius 3 is 2.37 bits per heavy atom. The predicted molar refractivity (Wildman–Crippen MR) is 133 cm³/mol. The zero-order valence-electron chi connectivity index (χ0n) is 20.1. The number of sulfonamides is 1. The van der Waals surface area contributed by atoms with E-state index in [2.05, 4.69) is 22.1 Å². The Bertz CT molecular complexity index is 1130. The molecule has 1 aromatic heterocycles. The number of anilines is 1. The van der Waals surface area contributed by atoms with E-state index in [1.807, 2.05) is 29.2 Å². The van der Waals surface area contributed by atoms with Crippen molar-refractivity contribution in [3.05, 3.63) is 54.4 Å². The summed E-state index contributed by atoms with van der Waals surface area (Å²) in [6, 6.07) is 11.0. The van der Waals surface area contributed by atoms with Crippen molar-refractivity contribution in [2.45, 2.75) is 31.1 Å². The van der Waals surface area contributed by atoms with E-state index in [0.717, 1.165) is 17.7 Å². The molecule has 1 aromatic carbocycles. The Morgan fingerprint density at radius 2 is 1.71 bits per heavy atom. The first-order chi connectivity index (χ1) is 16.9. The molecule has 0 bridgehead atoms. The van der Waals surface area contributed by atoms with Crippen LogP contribution in [0.3, 0.4) is 0 Å². The average molecular weight is 500 g/mol. The molecule has 0 aliphatic carbocycles. The van der Waals surface area contributed by atoms with Gasteiger partial charge < -0.3 is 10.2 Å². The molecule has 1 N–H and O–H groups in total. The van der Waals surface area contributed by atoms with Crippen LogP contribution in [0.15, 0.2) is 53.7 Å². The lowest BCUT2D eigenvalue weighted by atomic mass is 9.96. The fourth-order valence-corrected chi connectivity index (χ4v) is 6.15. The van der Waals surface area contributed by atoms with Crippen molar-refractivity contribution in [3.63, 3.8) is 0 Å². The largest absolute Gasteiger partial charge is 0.340 e. The van der Waals surface area contributed by atoms with E-state index in [9.17, 15) is 18.0 Å². The molecule has 0 spiro atoms. The van der Waals surface area contributed by atoms with Crippen LogP contribution in [0.1, 0.15) is 25.3 Å². The summed E-state index contributed by atoms with van der Waals surface area (Å²) in [6.07, 6.45) is 4.78. The van der Waals surface area contributed by atoms with E-state index in [4.69, 9.17) is 0 Å². The van der Waals surface area contributed by atoms with E-state index in [-0.39, 0.29) is 22.6 Å². The maximum atomic E-state index is 13.1. The summed E-state index contributed by atoms with van der Waals surface area (Å²) in [6.45, 7) is 5.44. The Hall–Kier alpha value is -2.82. The fraction of sp³-hybridized carbons (Fsp3) is 0.480. The Morgan fingerprint density at radius 1 is 1.00 bits per heavy atom. The number of amides is 2. The molecule has 4 rings (SSSR count). The van der Waals surface area contributed by atoms with Gasteiger partial charge in [-0.1, -0.05) is 25.1 Å². The molecule has 3 heterocycles. The number of pyridine rings is 1. The van der Waals surface area contributed by atoms with E-state index in [0.29, 0.717) is 58.7 Å². The first kappa shape index (κ1) is 25.3. The van der Waals surface area contributed by atoms with Gasteiger partial charge in [-0.3, -0.25) is 19.5 Å². The lowest BCUT2D eigenvalue weighted by molar-refractivity contribution is -0.138.